The maximum absolute atomic E-state index is 14.1. The summed E-state index contributed by atoms with van der Waals surface area (Å²) in [6, 6.07) is 2.12. The molecule has 0 bridgehead atoms. The lowest BCUT2D eigenvalue weighted by Gasteiger charge is -2.45. The molecule has 1 aromatic carbocycles. The van der Waals surface area contributed by atoms with Crippen LogP contribution in [-0.4, -0.2) is 57.8 Å². The van der Waals surface area contributed by atoms with E-state index in [9.17, 15) is 22.4 Å². The van der Waals surface area contributed by atoms with Crippen molar-refractivity contribution in [2.75, 3.05) is 13.7 Å². The van der Waals surface area contributed by atoms with Crippen molar-refractivity contribution in [3.05, 3.63) is 72.9 Å². The third-order valence-corrected chi connectivity index (χ3v) is 7.71. The van der Waals surface area contributed by atoms with Crippen LogP contribution in [0.2, 0.25) is 0 Å². The Labute approximate surface area is 230 Å². The lowest BCUT2D eigenvalue weighted by atomic mass is 9.90. The molecule has 5 unspecified atom stereocenters. The quantitative estimate of drug-likeness (QED) is 0.182. The van der Waals surface area contributed by atoms with Crippen LogP contribution in [0.1, 0.15) is 23.1 Å². The van der Waals surface area contributed by atoms with E-state index in [1.807, 2.05) is 0 Å². The number of ether oxygens (including phenoxy) is 2. The molecule has 2 saturated heterocycles. The van der Waals surface area contributed by atoms with Crippen LogP contribution in [0, 0.1) is 5.82 Å². The Hall–Kier alpha value is -2.80. The van der Waals surface area contributed by atoms with Gasteiger partial charge >= 0.3 is 11.0 Å². The second-order valence-corrected chi connectivity index (χ2v) is 10.5. The predicted octanol–water partition coefficient (Wildman–Crippen LogP) is 2.40. The molecular formula is C22H22BrF4N7O4S. The first-order chi connectivity index (χ1) is 18.5. The lowest BCUT2D eigenvalue weighted by molar-refractivity contribution is -0.201. The highest BCUT2D eigenvalue weighted by Crippen LogP contribution is 2.41. The summed E-state index contributed by atoms with van der Waals surface area (Å²) in [5.41, 5.74) is 7.99. The van der Waals surface area contributed by atoms with Gasteiger partial charge in [-0.25, -0.2) is 14.9 Å². The Bertz CT molecular complexity index is 1440. The van der Waals surface area contributed by atoms with Crippen LogP contribution in [0.4, 0.5) is 17.6 Å². The molecular weight excluding hydrogens is 614 g/mol. The molecule has 6 N–H and O–H groups in total. The summed E-state index contributed by atoms with van der Waals surface area (Å²) in [4.78, 5) is 19.5. The number of halogens is 5. The molecule has 0 amide bonds. The van der Waals surface area contributed by atoms with Gasteiger partial charge in [0.1, 0.15) is 36.3 Å². The fourth-order valence-corrected chi connectivity index (χ4v) is 5.63. The van der Waals surface area contributed by atoms with Crippen molar-refractivity contribution in [1.82, 2.24) is 25.3 Å². The molecule has 0 radical (unpaired) electrons. The molecule has 4 heterocycles. The first-order valence-electron chi connectivity index (χ1n) is 11.4. The van der Waals surface area contributed by atoms with E-state index in [4.69, 9.17) is 25.9 Å². The minimum atomic E-state index is -4.87. The third-order valence-electron chi connectivity index (χ3n) is 6.44. The molecule has 0 aliphatic carbocycles. The average molecular weight is 636 g/mol. The molecule has 2 aliphatic heterocycles. The largest absolute Gasteiger partial charge is 0.418 e. The highest BCUT2D eigenvalue weighted by Gasteiger charge is 2.52. The summed E-state index contributed by atoms with van der Waals surface area (Å²) in [7, 11) is 1.39. The van der Waals surface area contributed by atoms with Crippen molar-refractivity contribution in [3.8, 4) is 5.69 Å². The number of aromatic nitrogens is 3. The van der Waals surface area contributed by atoms with Gasteiger partial charge in [0.25, 0.3) is 0 Å². The summed E-state index contributed by atoms with van der Waals surface area (Å²) in [5.74, 6) is 5.35. The second-order valence-electron chi connectivity index (χ2n) is 8.76. The van der Waals surface area contributed by atoms with Crippen LogP contribution in [0.5, 0.6) is 0 Å². The molecule has 2 aliphatic rings. The van der Waals surface area contributed by atoms with Crippen LogP contribution in [0.3, 0.4) is 0 Å². The molecule has 2 aromatic heterocycles. The summed E-state index contributed by atoms with van der Waals surface area (Å²) in [6.07, 6.45) is -5.31. The highest BCUT2D eigenvalue weighted by molar-refractivity contribution is 9.10. The van der Waals surface area contributed by atoms with Gasteiger partial charge in [0.2, 0.25) is 0 Å². The Morgan fingerprint density at radius 3 is 2.85 bits per heavy atom. The van der Waals surface area contributed by atoms with Crippen LogP contribution in [-0.2, 0) is 20.5 Å². The minimum absolute atomic E-state index is 0.160. The van der Waals surface area contributed by atoms with Gasteiger partial charge < -0.3 is 25.2 Å². The maximum atomic E-state index is 14.1. The zero-order valence-corrected chi connectivity index (χ0v) is 22.4. The van der Waals surface area contributed by atoms with Crippen LogP contribution >= 0.6 is 27.3 Å². The summed E-state index contributed by atoms with van der Waals surface area (Å²) in [5, 5.41) is 6.90. The van der Waals surface area contributed by atoms with Crippen molar-refractivity contribution in [1.29, 1.82) is 0 Å². The topological polar surface area (TPSA) is 146 Å². The number of H-pyrrole nitrogens is 1. The lowest BCUT2D eigenvalue weighted by Crippen LogP contribution is -2.62. The van der Waals surface area contributed by atoms with Gasteiger partial charge in [-0.2, -0.15) is 23.8 Å². The maximum Gasteiger partial charge on any atom is 0.418 e. The van der Waals surface area contributed by atoms with E-state index in [2.05, 4.69) is 31.5 Å². The number of hydrazine groups is 1. The van der Waals surface area contributed by atoms with Crippen LogP contribution in [0.15, 0.2) is 45.2 Å². The normalized spacial score (nSPS) is 25.6. The van der Waals surface area contributed by atoms with Crippen molar-refractivity contribution in [2.45, 2.75) is 36.6 Å². The Morgan fingerprint density at radius 2 is 2.18 bits per heavy atom. The number of hydroxylamine groups is 1. The van der Waals surface area contributed by atoms with Gasteiger partial charge in [-0.15, -0.1) is 0 Å². The van der Waals surface area contributed by atoms with Crippen molar-refractivity contribution in [2.24, 2.45) is 11.6 Å². The molecule has 0 spiro atoms. The number of nitrogens with one attached hydrogen (secondary N) is 2. The van der Waals surface area contributed by atoms with Crippen molar-refractivity contribution >= 4 is 33.0 Å². The van der Waals surface area contributed by atoms with Crippen molar-refractivity contribution < 1.29 is 31.9 Å². The predicted molar refractivity (Wildman–Crippen MR) is 134 cm³/mol. The van der Waals surface area contributed by atoms with E-state index < -0.39 is 53.7 Å². The summed E-state index contributed by atoms with van der Waals surface area (Å²) >= 11 is 3.89. The first-order valence-corrected chi connectivity index (χ1v) is 13.0. The molecule has 2 fully saturated rings. The van der Waals surface area contributed by atoms with Gasteiger partial charge in [-0.05, 0) is 34.1 Å². The van der Waals surface area contributed by atoms with Gasteiger partial charge in [0.05, 0.1) is 39.4 Å². The molecule has 210 valence electrons. The van der Waals surface area contributed by atoms with E-state index in [1.54, 1.807) is 0 Å². The molecule has 39 heavy (non-hydrogen) atoms. The van der Waals surface area contributed by atoms with E-state index in [0.717, 1.165) is 22.1 Å². The number of fused-ring (bicyclic) bond motifs is 1. The number of hydrogen-bond donors (Lipinski definition) is 4. The SMILES string of the molecule is COC1C(c2ccnn2-c2cc(Br)c(F)cc2C(F)(F)F)OC2CNOC2C1N(N)/C=C(\N)c1csc(=O)[nH]1. The molecule has 0 saturated carbocycles. The molecule has 11 nitrogen and oxygen atoms in total. The summed E-state index contributed by atoms with van der Waals surface area (Å²) in [6.45, 7) is 0.253. The molecule has 5 rings (SSSR count). The molecule has 5 atom stereocenters. The third kappa shape index (κ3) is 5.22. The average Bonchev–Trinajstić information content (AvgIpc) is 3.64. The van der Waals surface area contributed by atoms with E-state index >= 15 is 0 Å². The van der Waals surface area contributed by atoms with Gasteiger partial charge in [0, 0.05) is 24.9 Å². The second kappa shape index (κ2) is 10.6. The smallest absolute Gasteiger partial charge is 0.396 e. The van der Waals surface area contributed by atoms with Gasteiger partial charge in [-0.3, -0.25) is 9.63 Å². The Balaban J connectivity index is 1.57. The first kappa shape index (κ1) is 27.8. The van der Waals surface area contributed by atoms with E-state index in [1.165, 1.54) is 36.0 Å². The van der Waals surface area contributed by atoms with Crippen LogP contribution in [0.25, 0.3) is 11.4 Å². The Morgan fingerprint density at radius 1 is 1.41 bits per heavy atom. The minimum Gasteiger partial charge on any atom is -0.396 e. The number of methoxy groups -OCH3 is 1. The number of thiazole rings is 1. The number of alkyl halides is 3. The molecule has 17 heteroatoms. The number of hydrogen-bond acceptors (Lipinski definition) is 10. The number of nitrogens with two attached hydrogens (primary N) is 2. The van der Waals surface area contributed by atoms with Crippen molar-refractivity contribution in [3.63, 3.8) is 0 Å². The molecule has 3 aromatic rings. The van der Waals surface area contributed by atoms with Gasteiger partial charge in [-0.1, -0.05) is 11.3 Å². The monoisotopic (exact) mass is 635 g/mol. The zero-order valence-electron chi connectivity index (χ0n) is 20.0. The zero-order chi connectivity index (χ0) is 28.1. The van der Waals surface area contributed by atoms with E-state index in [0.29, 0.717) is 11.8 Å². The van der Waals surface area contributed by atoms with Gasteiger partial charge in [0.15, 0.2) is 0 Å². The summed E-state index contributed by atoms with van der Waals surface area (Å²) < 4.78 is 68.7. The highest BCUT2D eigenvalue weighted by atomic mass is 79.9. The number of aromatic amines is 1. The standard InChI is InChI=1S/C22H22BrF4N7O4S/c1-36-20-17(33(29)7-12(28)13-8-39-21(35)32-13)19-16(6-31-38-19)37-18(20)14-2-3-30-34(14)15-5-10(23)11(24)4-9(15)22(25,26)27/h2-5,7-8,16-20,31H,6,28-29H2,1H3,(H,32,35)/b12-7-. The number of nitrogens with zero attached hydrogens (tertiary/aromatic N) is 3. The number of benzene rings is 1. The fraction of sp³-hybridized carbons (Fsp3) is 0.364. The van der Waals surface area contributed by atoms with E-state index in [-0.39, 0.29) is 27.3 Å². The fourth-order valence-electron chi connectivity index (χ4n) is 4.71. The Kier molecular flexibility index (Phi) is 7.57. The number of rotatable bonds is 6. The van der Waals surface area contributed by atoms with Crippen LogP contribution < -0.4 is 21.9 Å².